The predicted octanol–water partition coefficient (Wildman–Crippen LogP) is 3.91. The van der Waals surface area contributed by atoms with Gasteiger partial charge in [0.15, 0.2) is 0 Å². The molecule has 0 atom stereocenters. The molecule has 0 unspecified atom stereocenters. The van der Waals surface area contributed by atoms with E-state index in [2.05, 4.69) is 10.3 Å². The summed E-state index contributed by atoms with van der Waals surface area (Å²) in [6, 6.07) is 15.7. The average molecular weight is 429 g/mol. The molecule has 0 saturated heterocycles. The Kier molecular flexibility index (Phi) is 6.35. The normalized spacial score (nSPS) is 11.3. The Labute approximate surface area is 183 Å². The van der Waals surface area contributed by atoms with Crippen LogP contribution in [0.25, 0.3) is 22.3 Å². The minimum absolute atomic E-state index is 0.0491. The lowest BCUT2D eigenvalue weighted by atomic mass is 10.1. The molecule has 0 radical (unpaired) electrons. The highest BCUT2D eigenvalue weighted by molar-refractivity contribution is 7.13. The summed E-state index contributed by atoms with van der Waals surface area (Å²) in [5.74, 6) is -0.391. The molecule has 7 nitrogen and oxygen atoms in total. The number of hydrogen-bond donors (Lipinski definition) is 1. The Morgan fingerprint density at radius 3 is 2.81 bits per heavy atom. The van der Waals surface area contributed by atoms with Crippen LogP contribution in [-0.2, 0) is 11.3 Å². The van der Waals surface area contributed by atoms with Crippen molar-refractivity contribution in [1.29, 1.82) is 5.26 Å². The van der Waals surface area contributed by atoms with E-state index in [1.807, 2.05) is 70.9 Å². The number of carbonyl (C=O) groups is 1. The molecular weight excluding hydrogens is 408 g/mol. The molecule has 4 rings (SSSR count). The molecule has 0 aliphatic carbocycles. The Hall–Kier alpha value is -3.96. The van der Waals surface area contributed by atoms with Crippen LogP contribution in [0.5, 0.6) is 0 Å². The maximum Gasteiger partial charge on any atom is 0.261 e. The van der Waals surface area contributed by atoms with E-state index in [1.54, 1.807) is 34.6 Å². The van der Waals surface area contributed by atoms with Crippen LogP contribution in [0.1, 0.15) is 12.0 Å². The summed E-state index contributed by atoms with van der Waals surface area (Å²) in [7, 11) is 0. The highest BCUT2D eigenvalue weighted by atomic mass is 32.1. The molecule has 0 aliphatic heterocycles. The molecule has 1 N–H and O–H groups in total. The summed E-state index contributed by atoms with van der Waals surface area (Å²) >= 11 is 1.56. The zero-order chi connectivity index (χ0) is 21.5. The van der Waals surface area contributed by atoms with Crippen molar-refractivity contribution in [3.8, 4) is 22.3 Å². The van der Waals surface area contributed by atoms with E-state index >= 15 is 0 Å². The first-order chi connectivity index (χ1) is 15.2. The van der Waals surface area contributed by atoms with Gasteiger partial charge in [-0.2, -0.15) is 10.4 Å². The van der Waals surface area contributed by atoms with Crippen LogP contribution in [-0.4, -0.2) is 31.8 Å². The van der Waals surface area contributed by atoms with Crippen molar-refractivity contribution in [1.82, 2.24) is 24.6 Å². The molecule has 154 valence electrons. The number of nitriles is 1. The summed E-state index contributed by atoms with van der Waals surface area (Å²) in [6.07, 6.45) is 9.52. The standard InChI is InChI=1S/C23H20N6OS/c24-15-18(23(30)26-9-5-11-28-12-10-25-17-28)14-19-16-29(20-6-2-1-3-7-20)27-22(19)21-8-4-13-31-21/h1-4,6-8,10,12-14,16-17H,5,9,11H2,(H,26,30)/b18-14+. The van der Waals surface area contributed by atoms with Gasteiger partial charge in [0.1, 0.15) is 17.3 Å². The van der Waals surface area contributed by atoms with Crippen molar-refractivity contribution in [3.05, 3.63) is 83.9 Å². The largest absolute Gasteiger partial charge is 0.351 e. The van der Waals surface area contributed by atoms with E-state index in [-0.39, 0.29) is 5.57 Å². The molecule has 3 heterocycles. The Bertz CT molecular complexity index is 1200. The second-order valence-electron chi connectivity index (χ2n) is 6.77. The van der Waals surface area contributed by atoms with Crippen molar-refractivity contribution in [3.63, 3.8) is 0 Å². The molecule has 31 heavy (non-hydrogen) atoms. The third-order valence-corrected chi connectivity index (χ3v) is 5.50. The van der Waals surface area contributed by atoms with Gasteiger partial charge in [-0.05, 0) is 36.1 Å². The van der Waals surface area contributed by atoms with Gasteiger partial charge in [-0.1, -0.05) is 24.3 Å². The summed E-state index contributed by atoms with van der Waals surface area (Å²) < 4.78 is 3.71. The first-order valence-corrected chi connectivity index (χ1v) is 10.7. The van der Waals surface area contributed by atoms with Crippen molar-refractivity contribution in [2.24, 2.45) is 0 Å². The maximum atomic E-state index is 12.6. The third-order valence-electron chi connectivity index (χ3n) is 4.62. The van der Waals surface area contributed by atoms with E-state index in [0.717, 1.165) is 34.8 Å². The van der Waals surface area contributed by atoms with Crippen molar-refractivity contribution < 1.29 is 4.79 Å². The molecule has 8 heteroatoms. The van der Waals surface area contributed by atoms with E-state index in [9.17, 15) is 10.1 Å². The first kappa shape index (κ1) is 20.3. The van der Waals surface area contributed by atoms with Gasteiger partial charge in [0, 0.05) is 37.2 Å². The van der Waals surface area contributed by atoms with E-state index in [4.69, 9.17) is 5.10 Å². The smallest absolute Gasteiger partial charge is 0.261 e. The molecule has 0 fully saturated rings. The lowest BCUT2D eigenvalue weighted by Gasteiger charge is -2.05. The second-order valence-corrected chi connectivity index (χ2v) is 7.72. The molecule has 4 aromatic rings. The van der Waals surface area contributed by atoms with E-state index in [1.165, 1.54) is 0 Å². The number of thiophene rings is 1. The van der Waals surface area contributed by atoms with Gasteiger partial charge in [0.05, 0.1) is 16.9 Å². The average Bonchev–Trinajstić information content (AvgIpc) is 3.57. The van der Waals surface area contributed by atoms with Crippen LogP contribution in [0.3, 0.4) is 0 Å². The molecule has 1 aromatic carbocycles. The summed E-state index contributed by atoms with van der Waals surface area (Å²) in [6.45, 7) is 1.22. The molecule has 3 aromatic heterocycles. The lowest BCUT2D eigenvalue weighted by molar-refractivity contribution is -0.117. The van der Waals surface area contributed by atoms with Gasteiger partial charge in [-0.3, -0.25) is 4.79 Å². The molecule has 0 spiro atoms. The first-order valence-electron chi connectivity index (χ1n) is 9.79. The van der Waals surface area contributed by atoms with Crippen molar-refractivity contribution >= 4 is 23.3 Å². The number of aryl methyl sites for hydroxylation is 1. The number of amides is 1. The van der Waals surface area contributed by atoms with Crippen LogP contribution in [0, 0.1) is 11.3 Å². The van der Waals surface area contributed by atoms with Crippen LogP contribution >= 0.6 is 11.3 Å². The minimum atomic E-state index is -0.391. The quantitative estimate of drug-likeness (QED) is 0.262. The number of benzene rings is 1. The third kappa shape index (κ3) is 4.97. The number of para-hydroxylation sites is 1. The number of imidazole rings is 1. The Balaban J connectivity index is 1.54. The molecule has 1 amide bonds. The van der Waals surface area contributed by atoms with Crippen LogP contribution in [0.2, 0.25) is 0 Å². The van der Waals surface area contributed by atoms with Gasteiger partial charge >= 0.3 is 0 Å². The van der Waals surface area contributed by atoms with Crippen LogP contribution in [0.4, 0.5) is 0 Å². The monoisotopic (exact) mass is 428 g/mol. The fourth-order valence-corrected chi connectivity index (χ4v) is 3.82. The number of carbonyl (C=O) groups excluding carboxylic acids is 1. The predicted molar refractivity (Wildman–Crippen MR) is 120 cm³/mol. The highest BCUT2D eigenvalue weighted by Gasteiger charge is 2.15. The molecular formula is C23H20N6OS. The van der Waals surface area contributed by atoms with E-state index in [0.29, 0.717) is 6.54 Å². The number of hydrogen-bond acceptors (Lipinski definition) is 5. The number of nitrogens with one attached hydrogen (secondary N) is 1. The van der Waals surface area contributed by atoms with Crippen LogP contribution in [0.15, 0.2) is 78.3 Å². The Morgan fingerprint density at radius 2 is 2.10 bits per heavy atom. The SMILES string of the molecule is N#C/C(=C\c1cn(-c2ccccc2)nc1-c1cccs1)C(=O)NCCCn1ccnc1. The van der Waals surface area contributed by atoms with Gasteiger partial charge in [0.25, 0.3) is 5.91 Å². The highest BCUT2D eigenvalue weighted by Crippen LogP contribution is 2.29. The van der Waals surface area contributed by atoms with E-state index < -0.39 is 5.91 Å². The van der Waals surface area contributed by atoms with Crippen LogP contribution < -0.4 is 5.32 Å². The number of nitrogens with zero attached hydrogens (tertiary/aromatic N) is 5. The van der Waals surface area contributed by atoms with Crippen molar-refractivity contribution in [2.75, 3.05) is 6.54 Å². The fourth-order valence-electron chi connectivity index (χ4n) is 3.09. The molecule has 0 aliphatic rings. The summed E-state index contributed by atoms with van der Waals surface area (Å²) in [5, 5.41) is 19.1. The second kappa shape index (κ2) is 9.69. The fraction of sp³-hybridized carbons (Fsp3) is 0.130. The summed E-state index contributed by atoms with van der Waals surface area (Å²) in [5.41, 5.74) is 2.41. The van der Waals surface area contributed by atoms with Gasteiger partial charge < -0.3 is 9.88 Å². The zero-order valence-electron chi connectivity index (χ0n) is 16.7. The lowest BCUT2D eigenvalue weighted by Crippen LogP contribution is -2.26. The topological polar surface area (TPSA) is 88.5 Å². The summed E-state index contributed by atoms with van der Waals surface area (Å²) in [4.78, 5) is 17.5. The van der Waals surface area contributed by atoms with Crippen molar-refractivity contribution in [2.45, 2.75) is 13.0 Å². The van der Waals surface area contributed by atoms with Gasteiger partial charge in [-0.25, -0.2) is 9.67 Å². The maximum absolute atomic E-state index is 12.6. The minimum Gasteiger partial charge on any atom is -0.351 e. The molecule has 0 saturated carbocycles. The number of aromatic nitrogens is 4. The zero-order valence-corrected chi connectivity index (χ0v) is 17.5. The number of rotatable bonds is 8. The molecule has 0 bridgehead atoms. The van der Waals surface area contributed by atoms with Gasteiger partial charge in [-0.15, -0.1) is 11.3 Å². The Morgan fingerprint density at radius 1 is 1.23 bits per heavy atom. The van der Waals surface area contributed by atoms with Gasteiger partial charge in [0.2, 0.25) is 0 Å².